The summed E-state index contributed by atoms with van der Waals surface area (Å²) in [5.74, 6) is 0.146. The SMILES string of the molecule is COc1cc(C=NNC(=O)Cc2ccc(C(C)(C)C)cc2)cc(Br)c1O. The van der Waals surface area contributed by atoms with Crippen LogP contribution in [0.2, 0.25) is 0 Å². The fourth-order valence-electron chi connectivity index (χ4n) is 2.35. The number of ether oxygens (including phenoxy) is 1. The number of carbonyl (C=O) groups excluding carboxylic acids is 1. The van der Waals surface area contributed by atoms with Gasteiger partial charge in [0.2, 0.25) is 5.91 Å². The lowest BCUT2D eigenvalue weighted by Gasteiger charge is -2.19. The maximum absolute atomic E-state index is 12.0. The quantitative estimate of drug-likeness (QED) is 0.565. The van der Waals surface area contributed by atoms with Crippen molar-refractivity contribution in [3.05, 3.63) is 57.6 Å². The smallest absolute Gasteiger partial charge is 0.244 e. The van der Waals surface area contributed by atoms with Gasteiger partial charge >= 0.3 is 0 Å². The second kappa shape index (κ2) is 8.36. The third-order valence-electron chi connectivity index (χ3n) is 3.86. The number of aromatic hydroxyl groups is 1. The van der Waals surface area contributed by atoms with E-state index in [0.29, 0.717) is 15.8 Å². The normalized spacial score (nSPS) is 11.6. The Kier molecular flexibility index (Phi) is 6.42. The van der Waals surface area contributed by atoms with Crippen molar-refractivity contribution in [2.75, 3.05) is 7.11 Å². The first kappa shape index (κ1) is 20.0. The van der Waals surface area contributed by atoms with Crippen molar-refractivity contribution in [2.24, 2.45) is 5.10 Å². The molecule has 0 spiro atoms. The maximum Gasteiger partial charge on any atom is 0.244 e. The molecule has 2 aromatic carbocycles. The van der Waals surface area contributed by atoms with Crippen LogP contribution in [0.1, 0.15) is 37.5 Å². The monoisotopic (exact) mass is 418 g/mol. The highest BCUT2D eigenvalue weighted by Crippen LogP contribution is 2.34. The molecule has 0 aliphatic heterocycles. The minimum Gasteiger partial charge on any atom is -0.503 e. The number of benzene rings is 2. The molecule has 0 aromatic heterocycles. The molecule has 0 atom stereocenters. The number of hydrogen-bond donors (Lipinski definition) is 2. The Hall–Kier alpha value is -2.34. The van der Waals surface area contributed by atoms with E-state index in [4.69, 9.17) is 4.74 Å². The van der Waals surface area contributed by atoms with Crippen LogP contribution in [0.3, 0.4) is 0 Å². The van der Waals surface area contributed by atoms with Crippen LogP contribution in [-0.2, 0) is 16.6 Å². The van der Waals surface area contributed by atoms with E-state index in [1.165, 1.54) is 18.9 Å². The van der Waals surface area contributed by atoms with E-state index in [9.17, 15) is 9.90 Å². The lowest BCUT2D eigenvalue weighted by atomic mass is 9.86. The lowest BCUT2D eigenvalue weighted by molar-refractivity contribution is -0.120. The van der Waals surface area contributed by atoms with Gasteiger partial charge in [-0.15, -0.1) is 0 Å². The molecule has 0 aliphatic carbocycles. The summed E-state index contributed by atoms with van der Waals surface area (Å²) in [6.45, 7) is 6.46. The summed E-state index contributed by atoms with van der Waals surface area (Å²) in [6.07, 6.45) is 1.75. The fraction of sp³-hybridized carbons (Fsp3) is 0.300. The molecule has 2 aromatic rings. The molecule has 0 bridgehead atoms. The van der Waals surface area contributed by atoms with E-state index in [1.54, 1.807) is 12.1 Å². The van der Waals surface area contributed by atoms with Gasteiger partial charge in [-0.3, -0.25) is 4.79 Å². The molecule has 5 nitrogen and oxygen atoms in total. The van der Waals surface area contributed by atoms with Crippen molar-refractivity contribution < 1.29 is 14.6 Å². The van der Waals surface area contributed by atoms with Crippen molar-refractivity contribution in [1.82, 2.24) is 5.43 Å². The average Bonchev–Trinajstić information content (AvgIpc) is 2.57. The predicted octanol–water partition coefficient (Wildman–Crippen LogP) is 4.15. The average molecular weight is 419 g/mol. The van der Waals surface area contributed by atoms with Gasteiger partial charge in [0.1, 0.15) is 0 Å². The number of amides is 1. The topological polar surface area (TPSA) is 70.9 Å². The van der Waals surface area contributed by atoms with Crippen molar-refractivity contribution in [3.8, 4) is 11.5 Å². The van der Waals surface area contributed by atoms with Crippen LogP contribution in [0.25, 0.3) is 0 Å². The number of phenols is 1. The zero-order chi connectivity index (χ0) is 19.3. The van der Waals surface area contributed by atoms with E-state index in [1.807, 2.05) is 24.3 Å². The summed E-state index contributed by atoms with van der Waals surface area (Å²) >= 11 is 3.24. The molecule has 0 saturated carbocycles. The molecule has 0 heterocycles. The molecular formula is C20H23BrN2O3. The number of nitrogens with one attached hydrogen (secondary N) is 1. The van der Waals surface area contributed by atoms with Crippen molar-refractivity contribution >= 4 is 28.1 Å². The van der Waals surface area contributed by atoms with Crippen LogP contribution in [0.4, 0.5) is 0 Å². The first-order chi connectivity index (χ1) is 12.2. The largest absolute Gasteiger partial charge is 0.503 e. The van der Waals surface area contributed by atoms with Gasteiger partial charge in [0.05, 0.1) is 24.2 Å². The van der Waals surface area contributed by atoms with E-state index in [2.05, 4.69) is 47.2 Å². The number of carbonyl (C=O) groups is 1. The molecule has 26 heavy (non-hydrogen) atoms. The molecular weight excluding hydrogens is 396 g/mol. The van der Waals surface area contributed by atoms with E-state index in [0.717, 1.165) is 5.56 Å². The summed E-state index contributed by atoms with van der Waals surface area (Å²) in [6, 6.07) is 11.3. The van der Waals surface area contributed by atoms with Gasteiger partial charge in [0.15, 0.2) is 11.5 Å². The van der Waals surface area contributed by atoms with Crippen LogP contribution >= 0.6 is 15.9 Å². The van der Waals surface area contributed by atoms with Crippen molar-refractivity contribution in [1.29, 1.82) is 0 Å². The number of rotatable bonds is 5. The van der Waals surface area contributed by atoms with Gasteiger partial charge in [0.25, 0.3) is 0 Å². The summed E-state index contributed by atoms with van der Waals surface area (Å²) in [5.41, 5.74) is 5.44. The highest BCUT2D eigenvalue weighted by Gasteiger charge is 2.13. The zero-order valence-corrected chi connectivity index (χ0v) is 16.9. The summed E-state index contributed by atoms with van der Waals surface area (Å²) in [7, 11) is 1.47. The Morgan fingerprint density at radius 3 is 2.50 bits per heavy atom. The first-order valence-electron chi connectivity index (χ1n) is 8.18. The minimum absolute atomic E-state index is 0.0207. The highest BCUT2D eigenvalue weighted by atomic mass is 79.9. The molecule has 138 valence electrons. The van der Waals surface area contributed by atoms with Gasteiger partial charge in [0, 0.05) is 0 Å². The minimum atomic E-state index is -0.199. The third-order valence-corrected chi connectivity index (χ3v) is 4.46. The molecule has 0 fully saturated rings. The van der Waals surface area contributed by atoms with Crippen molar-refractivity contribution in [2.45, 2.75) is 32.6 Å². The Morgan fingerprint density at radius 2 is 1.92 bits per heavy atom. The Bertz CT molecular complexity index is 809. The van der Waals surface area contributed by atoms with Crippen LogP contribution in [0.5, 0.6) is 11.5 Å². The number of methoxy groups -OCH3 is 1. The van der Waals surface area contributed by atoms with Gasteiger partial charge in [-0.1, -0.05) is 45.0 Å². The molecule has 0 unspecified atom stereocenters. The van der Waals surface area contributed by atoms with Gasteiger partial charge in [-0.05, 0) is 50.2 Å². The molecule has 0 saturated heterocycles. The van der Waals surface area contributed by atoms with Gasteiger partial charge in [-0.2, -0.15) is 5.10 Å². The second-order valence-corrected chi connectivity index (χ2v) is 7.82. The van der Waals surface area contributed by atoms with Crippen LogP contribution in [-0.4, -0.2) is 24.3 Å². The van der Waals surface area contributed by atoms with Gasteiger partial charge in [-0.25, -0.2) is 5.43 Å². The molecule has 2 rings (SSSR count). The second-order valence-electron chi connectivity index (χ2n) is 6.97. The van der Waals surface area contributed by atoms with Crippen LogP contribution in [0.15, 0.2) is 46.0 Å². The fourth-order valence-corrected chi connectivity index (χ4v) is 2.81. The Labute approximate surface area is 162 Å². The maximum atomic E-state index is 12.0. The predicted molar refractivity (Wildman–Crippen MR) is 107 cm³/mol. The first-order valence-corrected chi connectivity index (χ1v) is 8.98. The molecule has 0 aliphatic rings. The zero-order valence-electron chi connectivity index (χ0n) is 15.3. The third kappa shape index (κ3) is 5.33. The van der Waals surface area contributed by atoms with Crippen LogP contribution < -0.4 is 10.2 Å². The van der Waals surface area contributed by atoms with Crippen LogP contribution in [0, 0.1) is 0 Å². The van der Waals surface area contributed by atoms with Gasteiger partial charge < -0.3 is 9.84 Å². The Morgan fingerprint density at radius 1 is 1.27 bits per heavy atom. The summed E-state index contributed by atoms with van der Waals surface area (Å²) < 4.78 is 5.57. The molecule has 6 heteroatoms. The molecule has 0 radical (unpaired) electrons. The van der Waals surface area contributed by atoms with E-state index in [-0.39, 0.29) is 23.5 Å². The number of hydrazone groups is 1. The number of nitrogens with zero attached hydrogens (tertiary/aromatic N) is 1. The number of hydrogen-bond acceptors (Lipinski definition) is 4. The highest BCUT2D eigenvalue weighted by molar-refractivity contribution is 9.10. The standard InChI is InChI=1S/C20H23BrN2O3/c1-20(2,3)15-7-5-13(6-8-15)11-18(24)23-22-12-14-9-16(21)19(25)17(10-14)26-4/h5-10,12,25H,11H2,1-4H3,(H,23,24). The number of phenolic OH excluding ortho intramolecular Hbond substituents is 1. The number of halogens is 1. The molecule has 1 amide bonds. The molecule has 2 N–H and O–H groups in total. The van der Waals surface area contributed by atoms with E-state index < -0.39 is 0 Å². The summed E-state index contributed by atoms with van der Waals surface area (Å²) in [4.78, 5) is 12.0. The van der Waals surface area contributed by atoms with E-state index >= 15 is 0 Å². The Balaban J connectivity index is 1.96. The lowest BCUT2D eigenvalue weighted by Crippen LogP contribution is -2.20. The summed E-state index contributed by atoms with van der Waals surface area (Å²) in [5, 5.41) is 13.7. The van der Waals surface area contributed by atoms with Crippen molar-refractivity contribution in [3.63, 3.8) is 0 Å².